The van der Waals surface area contributed by atoms with Gasteiger partial charge in [0.25, 0.3) is 5.91 Å². The van der Waals surface area contributed by atoms with Crippen LogP contribution in [0.3, 0.4) is 0 Å². The summed E-state index contributed by atoms with van der Waals surface area (Å²) in [5.41, 5.74) is 8.79. The van der Waals surface area contributed by atoms with Gasteiger partial charge in [0.2, 0.25) is 5.96 Å². The van der Waals surface area contributed by atoms with Crippen LogP contribution in [0.1, 0.15) is 48.0 Å². The van der Waals surface area contributed by atoms with E-state index in [1.807, 2.05) is 25.1 Å². The van der Waals surface area contributed by atoms with E-state index in [1.54, 1.807) is 29.1 Å². The number of ether oxygens (including phenoxy) is 1. The molecule has 3 N–H and O–H groups in total. The molecular weight excluding hydrogens is 426 g/mol. The highest BCUT2D eigenvalue weighted by molar-refractivity contribution is 6.10. The van der Waals surface area contributed by atoms with E-state index in [2.05, 4.69) is 21.8 Å². The number of aliphatic imine (C=N–C) groups is 1. The summed E-state index contributed by atoms with van der Waals surface area (Å²) in [5.74, 6) is 0.789. The van der Waals surface area contributed by atoms with Gasteiger partial charge in [-0.05, 0) is 69.3 Å². The van der Waals surface area contributed by atoms with E-state index >= 15 is 0 Å². The second-order valence-electron chi connectivity index (χ2n) is 9.27. The minimum Gasteiger partial charge on any atom is -0.381 e. The Morgan fingerprint density at radius 1 is 1.29 bits per heavy atom. The average Bonchev–Trinajstić information content (AvgIpc) is 3.27. The highest BCUT2D eigenvalue weighted by atomic mass is 16.5. The zero-order valence-corrected chi connectivity index (χ0v) is 20.2. The van der Waals surface area contributed by atoms with E-state index in [0.29, 0.717) is 30.0 Å². The summed E-state index contributed by atoms with van der Waals surface area (Å²) < 4.78 is 7.39. The molecule has 1 aromatic carbocycles. The van der Waals surface area contributed by atoms with Gasteiger partial charge in [0.05, 0.1) is 11.1 Å². The lowest BCUT2D eigenvalue weighted by molar-refractivity contribution is 0.0202. The number of rotatable bonds is 7. The Morgan fingerprint density at radius 3 is 2.79 bits per heavy atom. The summed E-state index contributed by atoms with van der Waals surface area (Å²) in [7, 11) is 0. The number of hydrogen-bond acceptors (Lipinski definition) is 4. The van der Waals surface area contributed by atoms with Gasteiger partial charge in [-0.2, -0.15) is 0 Å². The van der Waals surface area contributed by atoms with Crippen molar-refractivity contribution in [3.63, 3.8) is 0 Å². The number of amides is 1. The first-order valence-electron chi connectivity index (χ1n) is 12.4. The van der Waals surface area contributed by atoms with Crippen LogP contribution >= 0.6 is 0 Å². The van der Waals surface area contributed by atoms with Crippen LogP contribution in [0.2, 0.25) is 0 Å². The van der Waals surface area contributed by atoms with Crippen LogP contribution in [0.25, 0.3) is 10.9 Å². The lowest BCUT2D eigenvalue weighted by Gasteiger charge is -2.40. The maximum absolute atomic E-state index is 13.5. The number of carbonyl (C=O) groups is 1. The molecule has 2 aliphatic rings. The monoisotopic (exact) mass is 463 g/mol. The van der Waals surface area contributed by atoms with Crippen LogP contribution in [0, 0.1) is 12.8 Å². The Morgan fingerprint density at radius 2 is 2.06 bits per heavy atom. The lowest BCUT2D eigenvalue weighted by atomic mass is 9.89. The number of carbonyl (C=O) groups excluding carboxylic acids is 1. The number of hydrogen-bond donors (Lipinski definition) is 2. The van der Waals surface area contributed by atoms with Gasteiger partial charge < -0.3 is 15.8 Å². The highest BCUT2D eigenvalue weighted by Gasteiger charge is 2.30. The molecule has 34 heavy (non-hydrogen) atoms. The normalized spacial score (nSPS) is 19.5. The second-order valence-corrected chi connectivity index (χ2v) is 9.27. The van der Waals surface area contributed by atoms with Crippen molar-refractivity contribution < 1.29 is 9.53 Å². The number of aromatic nitrogens is 1. The summed E-state index contributed by atoms with van der Waals surface area (Å²) in [6.07, 6.45) is 12.6. The van der Waals surface area contributed by atoms with Gasteiger partial charge >= 0.3 is 0 Å². The summed E-state index contributed by atoms with van der Waals surface area (Å²) >= 11 is 0. The average molecular weight is 464 g/mol. The van der Waals surface area contributed by atoms with Gasteiger partial charge in [0, 0.05) is 43.6 Å². The molecule has 0 spiro atoms. The number of nitrogens with zero attached hydrogens (tertiary/aromatic N) is 3. The molecule has 182 valence electrons. The first kappa shape index (κ1) is 24.2. The molecule has 0 aliphatic carbocycles. The topological polar surface area (TPSA) is 84.9 Å². The van der Waals surface area contributed by atoms with Gasteiger partial charge in [0.1, 0.15) is 0 Å². The third kappa shape index (κ3) is 5.42. The molecule has 2 aliphatic heterocycles. The quantitative estimate of drug-likeness (QED) is 0.371. The van der Waals surface area contributed by atoms with E-state index in [4.69, 9.17) is 10.5 Å². The van der Waals surface area contributed by atoms with Crippen molar-refractivity contribution in [2.45, 2.75) is 45.1 Å². The largest absolute Gasteiger partial charge is 0.381 e. The Kier molecular flexibility index (Phi) is 8.19. The van der Waals surface area contributed by atoms with Crippen molar-refractivity contribution >= 4 is 22.8 Å². The van der Waals surface area contributed by atoms with E-state index in [9.17, 15) is 4.79 Å². The Hall–Kier alpha value is -2.90. The van der Waals surface area contributed by atoms with Gasteiger partial charge in [-0.1, -0.05) is 31.2 Å². The number of nitrogens with two attached hydrogens (primary N) is 1. The van der Waals surface area contributed by atoms with Crippen molar-refractivity contribution in [3.8, 4) is 0 Å². The van der Waals surface area contributed by atoms with Crippen molar-refractivity contribution in [3.05, 3.63) is 60.5 Å². The molecule has 0 radical (unpaired) electrons. The molecule has 1 atom stereocenters. The first-order valence-corrected chi connectivity index (χ1v) is 12.4. The fourth-order valence-electron chi connectivity index (χ4n) is 5.31. The zero-order chi connectivity index (χ0) is 23.9. The van der Waals surface area contributed by atoms with Gasteiger partial charge in [-0.25, -0.2) is 4.99 Å². The molecule has 0 saturated carbocycles. The molecule has 2 fully saturated rings. The number of piperidine rings is 1. The molecule has 1 aromatic heterocycles. The Bertz CT molecular complexity index is 1040. The van der Waals surface area contributed by atoms with Crippen LogP contribution in [-0.2, 0) is 4.74 Å². The number of nitrogens with one attached hydrogen (secondary N) is 1. The van der Waals surface area contributed by atoms with Gasteiger partial charge in [-0.15, -0.1) is 0 Å². The van der Waals surface area contributed by atoms with Crippen molar-refractivity contribution in [2.75, 3.05) is 32.8 Å². The smallest absolute Gasteiger partial charge is 0.253 e. The van der Waals surface area contributed by atoms with Crippen molar-refractivity contribution in [1.29, 1.82) is 0 Å². The zero-order valence-electron chi connectivity index (χ0n) is 20.2. The standard InChI is InChI=1S/C27H37N5O2/c1-3-4-13-29-27(28)32-19-22(25-20(2)9-8-10-23(25)32)26(33)30-18-24(21-11-16-34-17-12-21)31-14-6-5-7-15-31/h3-4,8-10,13,19,21,24H,1,5-7,11-12,14-18H2,2H3,(H2,28,29)(H,30,33)/b13-4-. The number of aryl methyl sites for hydroxylation is 1. The second kappa shape index (κ2) is 11.5. The molecule has 1 unspecified atom stereocenters. The molecule has 7 heteroatoms. The summed E-state index contributed by atoms with van der Waals surface area (Å²) in [4.78, 5) is 20.4. The van der Waals surface area contributed by atoms with Crippen molar-refractivity contribution in [2.24, 2.45) is 16.6 Å². The van der Waals surface area contributed by atoms with E-state index < -0.39 is 0 Å². The molecule has 3 heterocycles. The predicted molar refractivity (Wildman–Crippen MR) is 138 cm³/mol. The van der Waals surface area contributed by atoms with Crippen LogP contribution < -0.4 is 11.1 Å². The fourth-order valence-corrected chi connectivity index (χ4v) is 5.31. The lowest BCUT2D eigenvalue weighted by Crippen LogP contribution is -2.51. The maximum Gasteiger partial charge on any atom is 0.253 e. The SMILES string of the molecule is C=C/C=C\N=C(N)n1cc(C(=O)NCC(C2CCOCC2)N2CCCCC2)c2c(C)cccc21. The number of allylic oxidation sites excluding steroid dienone is 2. The predicted octanol–water partition coefficient (Wildman–Crippen LogP) is 3.82. The van der Waals surface area contributed by atoms with Crippen LogP contribution in [0.5, 0.6) is 0 Å². The van der Waals surface area contributed by atoms with Gasteiger partial charge in [0.15, 0.2) is 0 Å². The van der Waals surface area contributed by atoms with Crippen LogP contribution in [-0.4, -0.2) is 60.2 Å². The molecule has 2 saturated heterocycles. The molecule has 2 aromatic rings. The minimum absolute atomic E-state index is 0.0680. The summed E-state index contributed by atoms with van der Waals surface area (Å²) in [6.45, 7) is 10.2. The molecule has 4 rings (SSSR count). The first-order chi connectivity index (χ1) is 16.6. The minimum atomic E-state index is -0.0680. The van der Waals surface area contributed by atoms with Gasteiger partial charge in [-0.3, -0.25) is 14.3 Å². The van der Waals surface area contributed by atoms with E-state index in [0.717, 1.165) is 55.6 Å². The fraction of sp³-hybridized carbons (Fsp3) is 0.481. The summed E-state index contributed by atoms with van der Waals surface area (Å²) in [6, 6.07) is 6.31. The third-order valence-corrected chi connectivity index (χ3v) is 7.10. The third-order valence-electron chi connectivity index (χ3n) is 7.10. The summed E-state index contributed by atoms with van der Waals surface area (Å²) in [5, 5.41) is 4.18. The highest BCUT2D eigenvalue weighted by Crippen LogP contribution is 2.27. The number of fused-ring (bicyclic) bond motifs is 1. The van der Waals surface area contributed by atoms with Crippen molar-refractivity contribution in [1.82, 2.24) is 14.8 Å². The van der Waals surface area contributed by atoms with E-state index in [1.165, 1.54) is 19.3 Å². The number of benzene rings is 1. The molecule has 0 bridgehead atoms. The number of likely N-dealkylation sites (tertiary alicyclic amines) is 1. The Labute approximate surface area is 202 Å². The van der Waals surface area contributed by atoms with Crippen LogP contribution in [0.15, 0.2) is 54.3 Å². The maximum atomic E-state index is 13.5. The Balaban J connectivity index is 1.58. The van der Waals surface area contributed by atoms with Crippen LogP contribution in [0.4, 0.5) is 0 Å². The molecule has 7 nitrogen and oxygen atoms in total. The molecule has 1 amide bonds. The van der Waals surface area contributed by atoms with E-state index in [-0.39, 0.29) is 5.91 Å². The molecular formula is C27H37N5O2.